The average Bonchev–Trinajstić information content (AvgIpc) is 2.35. The molecule has 0 aliphatic carbocycles. The molecule has 20 heavy (non-hydrogen) atoms. The molecule has 114 valence electrons. The van der Waals surface area contributed by atoms with Gasteiger partial charge in [-0.1, -0.05) is 12.1 Å². The minimum Gasteiger partial charge on any atom is -0.491 e. The first-order valence-corrected chi connectivity index (χ1v) is 7.18. The van der Waals surface area contributed by atoms with Crippen molar-refractivity contribution >= 4 is 0 Å². The van der Waals surface area contributed by atoms with E-state index in [-0.39, 0.29) is 12.6 Å². The van der Waals surface area contributed by atoms with Crippen molar-refractivity contribution in [1.82, 2.24) is 4.90 Å². The second-order valence-electron chi connectivity index (χ2n) is 5.68. The molecule has 0 amide bonds. The molecule has 0 bridgehead atoms. The Hall–Kier alpha value is -1.10. The molecule has 0 aliphatic heterocycles. The van der Waals surface area contributed by atoms with Gasteiger partial charge in [-0.25, -0.2) is 0 Å². The quantitative estimate of drug-likeness (QED) is 0.763. The van der Waals surface area contributed by atoms with E-state index < -0.39 is 12.2 Å². The van der Waals surface area contributed by atoms with E-state index in [1.807, 2.05) is 31.2 Å². The number of nitrogens with zero attached hydrogens (tertiary/aromatic N) is 1. The lowest BCUT2D eigenvalue weighted by Gasteiger charge is -2.29. The Morgan fingerprint density at radius 1 is 1.15 bits per heavy atom. The van der Waals surface area contributed by atoms with Crippen molar-refractivity contribution in [2.24, 2.45) is 0 Å². The van der Waals surface area contributed by atoms with E-state index in [0.29, 0.717) is 13.1 Å². The number of aliphatic hydroxyl groups excluding tert-OH is 2. The van der Waals surface area contributed by atoms with Crippen LogP contribution in [0.1, 0.15) is 26.3 Å². The van der Waals surface area contributed by atoms with Crippen LogP contribution in [0, 0.1) is 6.92 Å². The second-order valence-corrected chi connectivity index (χ2v) is 5.68. The Kier molecular flexibility index (Phi) is 6.99. The third kappa shape index (κ3) is 6.37. The molecule has 1 rings (SSSR count). The highest BCUT2D eigenvalue weighted by Crippen LogP contribution is 2.13. The minimum absolute atomic E-state index is 0.256. The molecule has 4 heteroatoms. The molecule has 1 aromatic carbocycles. The lowest BCUT2D eigenvalue weighted by Crippen LogP contribution is -2.43. The van der Waals surface area contributed by atoms with Crippen LogP contribution >= 0.6 is 0 Å². The van der Waals surface area contributed by atoms with Gasteiger partial charge in [0, 0.05) is 19.1 Å². The van der Waals surface area contributed by atoms with Crippen molar-refractivity contribution in [1.29, 1.82) is 0 Å². The van der Waals surface area contributed by atoms with Crippen molar-refractivity contribution in [2.75, 3.05) is 19.7 Å². The number of aryl methyl sites for hydroxylation is 1. The second kappa shape index (κ2) is 8.25. The van der Waals surface area contributed by atoms with Crippen molar-refractivity contribution in [2.45, 2.75) is 45.9 Å². The van der Waals surface area contributed by atoms with Crippen LogP contribution in [0.4, 0.5) is 0 Å². The van der Waals surface area contributed by atoms with Crippen LogP contribution in [0.25, 0.3) is 0 Å². The summed E-state index contributed by atoms with van der Waals surface area (Å²) in [6.07, 6.45) is -0.973. The lowest BCUT2D eigenvalue weighted by atomic mass is 10.2. The topological polar surface area (TPSA) is 52.9 Å². The van der Waals surface area contributed by atoms with Gasteiger partial charge in [0.2, 0.25) is 0 Å². The van der Waals surface area contributed by atoms with Gasteiger partial charge >= 0.3 is 0 Å². The molecule has 1 aromatic rings. The summed E-state index contributed by atoms with van der Waals surface area (Å²) in [4.78, 5) is 2.05. The van der Waals surface area contributed by atoms with Crippen LogP contribution in [0.15, 0.2) is 24.3 Å². The van der Waals surface area contributed by atoms with Crippen LogP contribution in [0.2, 0.25) is 0 Å². The zero-order valence-corrected chi connectivity index (χ0v) is 12.9. The monoisotopic (exact) mass is 281 g/mol. The molecule has 2 N–H and O–H groups in total. The van der Waals surface area contributed by atoms with Crippen LogP contribution in [-0.4, -0.2) is 53.1 Å². The van der Waals surface area contributed by atoms with Crippen molar-refractivity contribution in [3.63, 3.8) is 0 Å². The molecule has 0 saturated heterocycles. The maximum absolute atomic E-state index is 10.1. The van der Waals surface area contributed by atoms with E-state index in [2.05, 4.69) is 18.7 Å². The first-order chi connectivity index (χ1) is 9.38. The first kappa shape index (κ1) is 17.0. The number of ether oxygens (including phenoxy) is 1. The SMILES string of the molecule is Cc1cccc(OCC(O)CN(CC(C)O)C(C)C)c1. The number of hydrogen-bond donors (Lipinski definition) is 2. The van der Waals surface area contributed by atoms with E-state index in [1.54, 1.807) is 6.92 Å². The number of aliphatic hydroxyl groups is 2. The molecular weight excluding hydrogens is 254 g/mol. The molecule has 0 aliphatic rings. The van der Waals surface area contributed by atoms with Gasteiger partial charge < -0.3 is 14.9 Å². The molecule has 0 saturated carbocycles. The van der Waals surface area contributed by atoms with Gasteiger partial charge in [-0.15, -0.1) is 0 Å². The maximum atomic E-state index is 10.1. The first-order valence-electron chi connectivity index (χ1n) is 7.18. The fourth-order valence-electron chi connectivity index (χ4n) is 2.06. The normalized spacial score (nSPS) is 14.6. The highest BCUT2D eigenvalue weighted by Gasteiger charge is 2.16. The molecule has 2 unspecified atom stereocenters. The van der Waals surface area contributed by atoms with Gasteiger partial charge in [0.1, 0.15) is 18.5 Å². The maximum Gasteiger partial charge on any atom is 0.119 e. The Morgan fingerprint density at radius 2 is 1.85 bits per heavy atom. The van der Waals surface area contributed by atoms with Crippen LogP contribution in [0.3, 0.4) is 0 Å². The third-order valence-corrected chi connectivity index (χ3v) is 3.11. The van der Waals surface area contributed by atoms with Gasteiger partial charge in [-0.3, -0.25) is 4.90 Å². The lowest BCUT2D eigenvalue weighted by molar-refractivity contribution is 0.0365. The summed E-state index contributed by atoms with van der Waals surface area (Å²) in [7, 11) is 0. The van der Waals surface area contributed by atoms with Crippen LogP contribution in [0.5, 0.6) is 5.75 Å². The summed E-state index contributed by atoms with van der Waals surface area (Å²) in [6, 6.07) is 8.05. The third-order valence-electron chi connectivity index (χ3n) is 3.11. The van der Waals surface area contributed by atoms with E-state index in [1.165, 1.54) is 0 Å². The summed E-state index contributed by atoms with van der Waals surface area (Å²) >= 11 is 0. The van der Waals surface area contributed by atoms with Crippen molar-refractivity contribution in [3.8, 4) is 5.75 Å². The summed E-state index contributed by atoms with van der Waals surface area (Å²) in [5.41, 5.74) is 1.13. The highest BCUT2D eigenvalue weighted by molar-refractivity contribution is 5.27. The standard InChI is InChI=1S/C16H27NO3/c1-12(2)17(9-14(4)18)10-15(19)11-20-16-7-5-6-13(3)8-16/h5-8,12,14-15,18-19H,9-11H2,1-4H3. The molecule has 4 nitrogen and oxygen atoms in total. The van der Waals surface area contributed by atoms with Gasteiger partial charge in [0.05, 0.1) is 6.10 Å². The van der Waals surface area contributed by atoms with E-state index in [4.69, 9.17) is 4.74 Å². The van der Waals surface area contributed by atoms with Gasteiger partial charge in [0.15, 0.2) is 0 Å². The molecule has 0 spiro atoms. The minimum atomic E-state index is -0.573. The Bertz CT molecular complexity index is 393. The van der Waals surface area contributed by atoms with Crippen LogP contribution < -0.4 is 4.74 Å². The predicted octanol–water partition coefficient (Wildman–Crippen LogP) is 1.83. The Morgan fingerprint density at radius 3 is 2.40 bits per heavy atom. The highest BCUT2D eigenvalue weighted by atomic mass is 16.5. The molecule has 0 fully saturated rings. The molecule has 0 radical (unpaired) electrons. The number of hydrogen-bond acceptors (Lipinski definition) is 4. The molecule has 0 aromatic heterocycles. The fraction of sp³-hybridized carbons (Fsp3) is 0.625. The van der Waals surface area contributed by atoms with Gasteiger partial charge in [0.25, 0.3) is 0 Å². The number of rotatable bonds is 8. The largest absolute Gasteiger partial charge is 0.491 e. The summed E-state index contributed by atoms with van der Waals surface area (Å²) in [6.45, 7) is 9.17. The summed E-state index contributed by atoms with van der Waals surface area (Å²) in [5, 5.41) is 19.5. The Labute approximate surface area is 122 Å². The number of benzene rings is 1. The fourth-order valence-corrected chi connectivity index (χ4v) is 2.06. The molecular formula is C16H27NO3. The summed E-state index contributed by atoms with van der Waals surface area (Å²) < 4.78 is 5.60. The molecule has 2 atom stereocenters. The van der Waals surface area contributed by atoms with E-state index in [0.717, 1.165) is 11.3 Å². The van der Waals surface area contributed by atoms with Crippen molar-refractivity contribution < 1.29 is 14.9 Å². The zero-order valence-electron chi connectivity index (χ0n) is 12.9. The summed E-state index contributed by atoms with van der Waals surface area (Å²) in [5.74, 6) is 0.774. The van der Waals surface area contributed by atoms with Gasteiger partial charge in [-0.2, -0.15) is 0 Å². The smallest absolute Gasteiger partial charge is 0.119 e. The van der Waals surface area contributed by atoms with Crippen LogP contribution in [-0.2, 0) is 0 Å². The zero-order chi connectivity index (χ0) is 15.1. The Balaban J connectivity index is 2.43. The van der Waals surface area contributed by atoms with Gasteiger partial charge in [-0.05, 0) is 45.4 Å². The molecule has 0 heterocycles. The predicted molar refractivity (Wildman–Crippen MR) is 81.1 cm³/mol. The average molecular weight is 281 g/mol. The van der Waals surface area contributed by atoms with E-state index in [9.17, 15) is 10.2 Å². The van der Waals surface area contributed by atoms with E-state index >= 15 is 0 Å². The van der Waals surface area contributed by atoms with Crippen molar-refractivity contribution in [3.05, 3.63) is 29.8 Å².